The molecule has 26 heavy (non-hydrogen) atoms. The van der Waals surface area contributed by atoms with Gasteiger partial charge in [-0.05, 0) is 34.2 Å². The molecule has 1 unspecified atom stereocenters. The van der Waals surface area contributed by atoms with Crippen molar-refractivity contribution in [3.63, 3.8) is 0 Å². The molecule has 0 aliphatic heterocycles. The summed E-state index contributed by atoms with van der Waals surface area (Å²) < 4.78 is 0. The van der Waals surface area contributed by atoms with Crippen molar-refractivity contribution in [2.45, 2.75) is 24.7 Å². The summed E-state index contributed by atoms with van der Waals surface area (Å²) in [5, 5.41) is 0. The van der Waals surface area contributed by atoms with Gasteiger partial charge in [-0.25, -0.2) is 0 Å². The van der Waals surface area contributed by atoms with Gasteiger partial charge in [0.15, 0.2) is 0 Å². The Morgan fingerprint density at radius 1 is 0.731 bits per heavy atom. The zero-order valence-electron chi connectivity index (χ0n) is 15.0. The van der Waals surface area contributed by atoms with E-state index in [2.05, 4.69) is 104 Å². The number of hydrogen-bond donors (Lipinski definition) is 0. The smallest absolute Gasteiger partial charge is 0.0249 e. The molecule has 1 atom stereocenters. The van der Waals surface area contributed by atoms with E-state index in [1.807, 2.05) is 0 Å². The minimum atomic E-state index is -0.0620. The maximum Gasteiger partial charge on any atom is 0.0249 e. The van der Waals surface area contributed by atoms with Crippen LogP contribution in [0.25, 0.3) is 11.1 Å². The fourth-order valence-corrected chi connectivity index (χ4v) is 4.93. The standard InChI is InChI=1S/C26H22/c1-26(20-13-5-6-14-20,19-11-3-2-4-12-19)25-23-17-9-7-15-21(23)22-16-8-10-18-24(22)25/h2-13,15-18,25H,14H2,1H3. The molecule has 3 aromatic rings. The third kappa shape index (κ3) is 2.08. The fraction of sp³-hybridized carbons (Fsp3) is 0.154. The van der Waals surface area contributed by atoms with E-state index in [0.29, 0.717) is 5.92 Å². The second-order valence-electron chi connectivity index (χ2n) is 7.50. The van der Waals surface area contributed by atoms with E-state index in [-0.39, 0.29) is 5.41 Å². The van der Waals surface area contributed by atoms with E-state index in [4.69, 9.17) is 0 Å². The highest BCUT2D eigenvalue weighted by Crippen LogP contribution is 2.57. The lowest BCUT2D eigenvalue weighted by molar-refractivity contribution is 0.488. The number of rotatable bonds is 3. The summed E-state index contributed by atoms with van der Waals surface area (Å²) in [6.07, 6.45) is 7.86. The van der Waals surface area contributed by atoms with Crippen LogP contribution in [0.1, 0.15) is 36.0 Å². The van der Waals surface area contributed by atoms with Gasteiger partial charge in [0.25, 0.3) is 0 Å². The Labute approximate surface area is 155 Å². The molecule has 0 N–H and O–H groups in total. The highest BCUT2D eigenvalue weighted by Gasteiger charge is 2.45. The van der Waals surface area contributed by atoms with Gasteiger partial charge in [-0.15, -0.1) is 0 Å². The second kappa shape index (κ2) is 5.85. The molecule has 0 nitrogen and oxygen atoms in total. The van der Waals surface area contributed by atoms with Crippen LogP contribution in [0, 0.1) is 0 Å². The van der Waals surface area contributed by atoms with Crippen LogP contribution >= 0.6 is 0 Å². The van der Waals surface area contributed by atoms with Gasteiger partial charge in [0, 0.05) is 11.3 Å². The molecule has 0 saturated heterocycles. The van der Waals surface area contributed by atoms with E-state index in [1.165, 1.54) is 33.4 Å². The van der Waals surface area contributed by atoms with Gasteiger partial charge in [-0.2, -0.15) is 0 Å². The minimum Gasteiger partial charge on any atom is -0.0804 e. The third-order valence-corrected chi connectivity index (χ3v) is 6.22. The number of hydrogen-bond acceptors (Lipinski definition) is 0. The molecule has 0 radical (unpaired) electrons. The van der Waals surface area contributed by atoms with Gasteiger partial charge in [0.05, 0.1) is 0 Å². The molecule has 0 aromatic heterocycles. The second-order valence-corrected chi connectivity index (χ2v) is 7.50. The molecule has 126 valence electrons. The third-order valence-electron chi connectivity index (χ3n) is 6.22. The molecule has 0 fully saturated rings. The van der Waals surface area contributed by atoms with Crippen molar-refractivity contribution in [1.82, 2.24) is 0 Å². The average Bonchev–Trinajstić information content (AvgIpc) is 3.35. The van der Waals surface area contributed by atoms with Crippen LogP contribution in [-0.4, -0.2) is 0 Å². The molecule has 2 aliphatic carbocycles. The first kappa shape index (κ1) is 15.4. The molecule has 0 heteroatoms. The van der Waals surface area contributed by atoms with E-state index in [0.717, 1.165) is 6.42 Å². The van der Waals surface area contributed by atoms with Gasteiger partial charge in [-0.3, -0.25) is 0 Å². The van der Waals surface area contributed by atoms with Crippen molar-refractivity contribution in [2.75, 3.05) is 0 Å². The Kier molecular flexibility index (Phi) is 3.46. The Morgan fingerprint density at radius 3 is 1.88 bits per heavy atom. The van der Waals surface area contributed by atoms with Crippen molar-refractivity contribution in [1.29, 1.82) is 0 Å². The van der Waals surface area contributed by atoms with Crippen LogP contribution in [0.3, 0.4) is 0 Å². The molecule has 0 spiro atoms. The van der Waals surface area contributed by atoms with Crippen molar-refractivity contribution >= 4 is 0 Å². The predicted molar refractivity (Wildman–Crippen MR) is 109 cm³/mol. The summed E-state index contributed by atoms with van der Waals surface area (Å²) in [5.41, 5.74) is 8.52. The maximum atomic E-state index is 2.44. The average molecular weight is 334 g/mol. The normalized spacial score (nSPS) is 17.5. The van der Waals surface area contributed by atoms with E-state index < -0.39 is 0 Å². The maximum absolute atomic E-state index is 2.44. The summed E-state index contributed by atoms with van der Waals surface area (Å²) in [4.78, 5) is 0. The Morgan fingerprint density at radius 2 is 1.31 bits per heavy atom. The fourth-order valence-electron chi connectivity index (χ4n) is 4.93. The Hall–Kier alpha value is -2.86. The predicted octanol–water partition coefficient (Wildman–Crippen LogP) is 6.64. The lowest BCUT2D eigenvalue weighted by atomic mass is 9.63. The summed E-state index contributed by atoms with van der Waals surface area (Å²) >= 11 is 0. The molecular formula is C26H22. The molecule has 5 rings (SSSR count). The van der Waals surface area contributed by atoms with E-state index >= 15 is 0 Å². The number of benzene rings is 3. The molecule has 3 aromatic carbocycles. The van der Waals surface area contributed by atoms with Gasteiger partial charge in [0.2, 0.25) is 0 Å². The molecule has 0 saturated carbocycles. The topological polar surface area (TPSA) is 0 Å². The van der Waals surface area contributed by atoms with Gasteiger partial charge >= 0.3 is 0 Å². The minimum absolute atomic E-state index is 0.0620. The van der Waals surface area contributed by atoms with E-state index in [9.17, 15) is 0 Å². The van der Waals surface area contributed by atoms with Gasteiger partial charge in [0.1, 0.15) is 0 Å². The van der Waals surface area contributed by atoms with Crippen molar-refractivity contribution in [2.24, 2.45) is 0 Å². The first-order valence-electron chi connectivity index (χ1n) is 9.40. The van der Waals surface area contributed by atoms with Crippen LogP contribution in [0.4, 0.5) is 0 Å². The monoisotopic (exact) mass is 334 g/mol. The van der Waals surface area contributed by atoms with Crippen LogP contribution < -0.4 is 0 Å². The summed E-state index contributed by atoms with van der Waals surface area (Å²) in [6, 6.07) is 28.9. The van der Waals surface area contributed by atoms with Crippen molar-refractivity contribution in [3.8, 4) is 11.1 Å². The lowest BCUT2D eigenvalue weighted by Gasteiger charge is -2.39. The highest BCUT2D eigenvalue weighted by atomic mass is 14.5. The first-order chi connectivity index (χ1) is 12.8. The zero-order valence-corrected chi connectivity index (χ0v) is 15.0. The largest absolute Gasteiger partial charge is 0.0804 e. The van der Waals surface area contributed by atoms with Crippen LogP contribution in [0.2, 0.25) is 0 Å². The van der Waals surface area contributed by atoms with E-state index in [1.54, 1.807) is 0 Å². The number of fused-ring (bicyclic) bond motifs is 3. The summed E-state index contributed by atoms with van der Waals surface area (Å²) in [6.45, 7) is 2.44. The van der Waals surface area contributed by atoms with Gasteiger partial charge < -0.3 is 0 Å². The van der Waals surface area contributed by atoms with Crippen LogP contribution in [0.5, 0.6) is 0 Å². The van der Waals surface area contributed by atoms with Crippen molar-refractivity contribution < 1.29 is 0 Å². The SMILES string of the molecule is CC(C1=CC=CC1)(c1ccccc1)C1c2ccccc2-c2ccccc21. The highest BCUT2D eigenvalue weighted by molar-refractivity contribution is 5.80. The van der Waals surface area contributed by atoms with Gasteiger partial charge in [-0.1, -0.05) is 110 Å². The summed E-state index contributed by atoms with van der Waals surface area (Å²) in [5.74, 6) is 0.337. The van der Waals surface area contributed by atoms with Crippen LogP contribution in [-0.2, 0) is 5.41 Å². The molecule has 2 aliphatic rings. The molecule has 0 bridgehead atoms. The first-order valence-corrected chi connectivity index (χ1v) is 9.40. The van der Waals surface area contributed by atoms with Crippen LogP contribution in [0.15, 0.2) is 103 Å². The molecular weight excluding hydrogens is 312 g/mol. The molecule has 0 heterocycles. The zero-order chi connectivity index (χ0) is 17.6. The lowest BCUT2D eigenvalue weighted by Crippen LogP contribution is -2.32. The quantitative estimate of drug-likeness (QED) is 0.503. The number of allylic oxidation sites excluding steroid dienone is 4. The molecule has 0 amide bonds. The van der Waals surface area contributed by atoms with Crippen molar-refractivity contribution in [3.05, 3.63) is 119 Å². The summed E-state index contributed by atoms with van der Waals surface area (Å²) in [7, 11) is 0. The Balaban J connectivity index is 1.80. The Bertz CT molecular complexity index is 977.